The van der Waals surface area contributed by atoms with E-state index in [2.05, 4.69) is 56.0 Å². The maximum Gasteiger partial charge on any atom is 0.189 e. The first-order valence-electron chi connectivity index (χ1n) is 17.1. The summed E-state index contributed by atoms with van der Waals surface area (Å²) in [7, 11) is 0. The number of carbonyl (C=O) groups is 1. The Hall–Kier alpha value is -6.44. The number of nitrogens with two attached hydrogens (primary N) is 1. The molecule has 13 heteroatoms. The van der Waals surface area contributed by atoms with Crippen molar-refractivity contribution < 1.29 is 13.6 Å². The molecule has 0 saturated carbocycles. The number of thioether (sulfide) groups is 2. The first-order chi connectivity index (χ1) is 26.8. The molecule has 0 amide bonds. The molecule has 274 valence electrons. The topological polar surface area (TPSA) is 151 Å². The summed E-state index contributed by atoms with van der Waals surface area (Å²) >= 11 is 3.03. The zero-order valence-corrected chi connectivity index (χ0v) is 32.1. The summed E-state index contributed by atoms with van der Waals surface area (Å²) in [6, 6.07) is 31.1. The molecular weight excluding hydrogens is 729 g/mol. The SMILES string of the molecule is CSc1nccc(-n2c(-c3ccc4occc4c3)nc3ccc(C)cc32)n1.CSc1nccc(Nc2cc(C)ccc2N)n1.O=Cc1ccc2occc2c1. The molecule has 0 bridgehead atoms. The Morgan fingerprint density at radius 2 is 1.38 bits per heavy atom. The predicted molar refractivity (Wildman–Crippen MR) is 223 cm³/mol. The number of anilines is 3. The molecule has 0 radical (unpaired) electrons. The van der Waals surface area contributed by atoms with Gasteiger partial charge in [0, 0.05) is 34.3 Å². The molecule has 9 aromatic rings. The second kappa shape index (κ2) is 16.7. The highest BCUT2D eigenvalue weighted by atomic mass is 32.2. The van der Waals surface area contributed by atoms with Crippen molar-refractivity contribution >= 4 is 80.0 Å². The average molecular weight is 765 g/mol. The molecule has 0 saturated heterocycles. The normalized spacial score (nSPS) is 10.8. The fourth-order valence-electron chi connectivity index (χ4n) is 5.75. The number of rotatable bonds is 7. The monoisotopic (exact) mass is 764 g/mol. The minimum Gasteiger partial charge on any atom is -0.464 e. The minimum atomic E-state index is 0.680. The van der Waals surface area contributed by atoms with E-state index >= 15 is 0 Å². The van der Waals surface area contributed by atoms with Crippen LogP contribution in [0.3, 0.4) is 0 Å². The third-order valence-corrected chi connectivity index (χ3v) is 9.57. The van der Waals surface area contributed by atoms with Crippen molar-refractivity contribution in [3.05, 3.63) is 139 Å². The molecule has 0 spiro atoms. The lowest BCUT2D eigenvalue weighted by Gasteiger charge is -2.09. The summed E-state index contributed by atoms with van der Waals surface area (Å²) in [4.78, 5) is 32.7. The second-order valence-electron chi connectivity index (χ2n) is 12.3. The predicted octanol–water partition coefficient (Wildman–Crippen LogP) is 10.3. The van der Waals surface area contributed by atoms with Crippen molar-refractivity contribution in [1.82, 2.24) is 29.5 Å². The number of hydrogen-bond donors (Lipinski definition) is 2. The number of hydrogen-bond acceptors (Lipinski definition) is 12. The number of nitrogen functional groups attached to an aromatic ring is 1. The molecule has 0 aliphatic heterocycles. The van der Waals surface area contributed by atoms with Gasteiger partial charge in [-0.05, 0) is 122 Å². The molecule has 0 unspecified atom stereocenters. The van der Waals surface area contributed by atoms with Crippen LogP contribution in [0.25, 0.3) is 50.2 Å². The highest BCUT2D eigenvalue weighted by Gasteiger charge is 2.17. The first kappa shape index (κ1) is 36.9. The Morgan fingerprint density at radius 3 is 2.13 bits per heavy atom. The number of aldehydes is 1. The van der Waals surface area contributed by atoms with Crippen LogP contribution in [0.4, 0.5) is 17.2 Å². The summed E-state index contributed by atoms with van der Waals surface area (Å²) < 4.78 is 12.7. The molecule has 9 rings (SSSR count). The van der Waals surface area contributed by atoms with Gasteiger partial charge in [0.1, 0.15) is 34.9 Å². The van der Waals surface area contributed by atoms with E-state index in [1.807, 2.05) is 74.0 Å². The number of benzene rings is 4. The molecule has 4 aromatic carbocycles. The molecule has 0 fully saturated rings. The lowest BCUT2D eigenvalue weighted by Crippen LogP contribution is -2.02. The quantitative estimate of drug-likeness (QED) is 0.0688. The van der Waals surface area contributed by atoms with Crippen molar-refractivity contribution in [2.24, 2.45) is 0 Å². The summed E-state index contributed by atoms with van der Waals surface area (Å²) in [5, 5.41) is 6.69. The standard InChI is InChI=1S/C21H16N4OS.C12H14N4S.C9H6O2/c1-13-3-5-16-17(11-13)25(19-7-9-22-21(24-19)27-2)20(23-16)15-4-6-18-14(12-15)8-10-26-18;1-8-3-4-9(13)10(7-8)15-11-5-6-14-12(16-11)17-2;10-6-7-1-2-9-8(5-7)3-4-11-9/h3-12H,1-2H3;3-7H,13H2,1-2H3,(H,14,15,16);1-6H. The number of imidazole rings is 1. The number of aromatic nitrogens is 6. The van der Waals surface area contributed by atoms with Gasteiger partial charge in [-0.25, -0.2) is 24.9 Å². The summed E-state index contributed by atoms with van der Waals surface area (Å²) in [6.07, 6.45) is 11.6. The molecular formula is C42H36N8O3S2. The van der Waals surface area contributed by atoms with Gasteiger partial charge in [-0.1, -0.05) is 35.7 Å². The fourth-order valence-corrected chi connectivity index (χ4v) is 6.46. The zero-order valence-electron chi connectivity index (χ0n) is 30.4. The van der Waals surface area contributed by atoms with E-state index in [-0.39, 0.29) is 0 Å². The van der Waals surface area contributed by atoms with Crippen LogP contribution >= 0.6 is 23.5 Å². The van der Waals surface area contributed by atoms with E-state index in [1.165, 1.54) is 29.1 Å². The van der Waals surface area contributed by atoms with Crippen LogP contribution in [0.2, 0.25) is 0 Å². The first-order valence-corrected chi connectivity index (χ1v) is 19.5. The Labute approximate surface area is 325 Å². The molecule has 0 atom stereocenters. The molecule has 5 aromatic heterocycles. The van der Waals surface area contributed by atoms with E-state index in [4.69, 9.17) is 24.5 Å². The minimum absolute atomic E-state index is 0.680. The van der Waals surface area contributed by atoms with Crippen LogP contribution in [0.5, 0.6) is 0 Å². The summed E-state index contributed by atoms with van der Waals surface area (Å²) in [5.41, 5.74) is 15.2. The number of nitrogens with zero attached hydrogens (tertiary/aromatic N) is 6. The van der Waals surface area contributed by atoms with E-state index in [9.17, 15) is 4.79 Å². The Morgan fingerprint density at radius 1 is 0.709 bits per heavy atom. The fraction of sp³-hybridized carbons (Fsp3) is 0.0952. The van der Waals surface area contributed by atoms with Gasteiger partial charge in [0.25, 0.3) is 0 Å². The highest BCUT2D eigenvalue weighted by Crippen LogP contribution is 2.31. The van der Waals surface area contributed by atoms with Gasteiger partial charge < -0.3 is 19.9 Å². The van der Waals surface area contributed by atoms with Crippen molar-refractivity contribution in [2.45, 2.75) is 24.2 Å². The van der Waals surface area contributed by atoms with Gasteiger partial charge in [-0.3, -0.25) is 9.36 Å². The number of carbonyl (C=O) groups excluding carboxylic acids is 1. The van der Waals surface area contributed by atoms with E-state index in [0.717, 1.165) is 83.8 Å². The highest BCUT2D eigenvalue weighted by molar-refractivity contribution is 7.98. The molecule has 11 nitrogen and oxygen atoms in total. The Bertz CT molecular complexity index is 2760. The van der Waals surface area contributed by atoms with Crippen molar-refractivity contribution in [2.75, 3.05) is 23.6 Å². The zero-order chi connectivity index (χ0) is 38.3. The van der Waals surface area contributed by atoms with Crippen LogP contribution in [-0.2, 0) is 0 Å². The van der Waals surface area contributed by atoms with Gasteiger partial charge >= 0.3 is 0 Å². The van der Waals surface area contributed by atoms with Gasteiger partial charge in [0.2, 0.25) is 0 Å². The van der Waals surface area contributed by atoms with Gasteiger partial charge in [-0.2, -0.15) is 0 Å². The third-order valence-electron chi connectivity index (χ3n) is 8.45. The Kier molecular flexibility index (Phi) is 11.2. The molecule has 5 heterocycles. The maximum absolute atomic E-state index is 10.3. The van der Waals surface area contributed by atoms with Crippen molar-refractivity contribution in [3.8, 4) is 17.2 Å². The van der Waals surface area contributed by atoms with Crippen molar-refractivity contribution in [3.63, 3.8) is 0 Å². The van der Waals surface area contributed by atoms with Crippen molar-refractivity contribution in [1.29, 1.82) is 0 Å². The summed E-state index contributed by atoms with van der Waals surface area (Å²) in [5.74, 6) is 2.41. The van der Waals surface area contributed by atoms with Crippen LogP contribution in [-0.4, -0.2) is 48.3 Å². The van der Waals surface area contributed by atoms with E-state index in [0.29, 0.717) is 11.3 Å². The second-order valence-corrected chi connectivity index (χ2v) is 13.9. The lowest BCUT2D eigenvalue weighted by molar-refractivity contribution is 0.112. The molecule has 0 aliphatic rings. The summed E-state index contributed by atoms with van der Waals surface area (Å²) in [6.45, 7) is 4.11. The van der Waals surface area contributed by atoms with Gasteiger partial charge in [0.15, 0.2) is 10.3 Å². The largest absolute Gasteiger partial charge is 0.464 e. The molecule has 0 aliphatic carbocycles. The number of furan rings is 2. The number of fused-ring (bicyclic) bond motifs is 3. The van der Waals surface area contributed by atoms with Gasteiger partial charge in [0.05, 0.1) is 34.9 Å². The third kappa shape index (κ3) is 8.53. The van der Waals surface area contributed by atoms with Crippen LogP contribution in [0.15, 0.2) is 141 Å². The Balaban J connectivity index is 0.000000141. The smallest absolute Gasteiger partial charge is 0.189 e. The van der Waals surface area contributed by atoms with Crippen LogP contribution in [0, 0.1) is 13.8 Å². The maximum atomic E-state index is 10.3. The van der Waals surface area contributed by atoms with Crippen LogP contribution in [0.1, 0.15) is 21.5 Å². The van der Waals surface area contributed by atoms with E-state index in [1.54, 1.807) is 43.1 Å². The molecule has 3 N–H and O–H groups in total. The van der Waals surface area contributed by atoms with Gasteiger partial charge in [-0.15, -0.1) is 0 Å². The van der Waals surface area contributed by atoms with E-state index < -0.39 is 0 Å². The van der Waals surface area contributed by atoms with Crippen LogP contribution < -0.4 is 11.1 Å². The molecule has 55 heavy (non-hydrogen) atoms. The lowest BCUT2D eigenvalue weighted by atomic mass is 10.1. The number of nitrogens with one attached hydrogen (secondary N) is 1. The average Bonchev–Trinajstić information content (AvgIpc) is 3.98. The number of aryl methyl sites for hydroxylation is 2.